The summed E-state index contributed by atoms with van der Waals surface area (Å²) >= 11 is 0. The van der Waals surface area contributed by atoms with Crippen LogP contribution in [0.15, 0.2) is 0 Å². The zero-order chi connectivity index (χ0) is 11.3. The van der Waals surface area contributed by atoms with E-state index in [0.717, 1.165) is 6.61 Å². The molecule has 0 aromatic heterocycles. The standard InChI is InChI=1S/C10H18N2O3/c1-7(2)6-15-4-3-11-8-5-9(13)12-10(8)14/h7-8,11H,3-6H2,1-2H3,(H,12,13,14). The SMILES string of the molecule is CC(C)COCCNC1CC(=O)NC1=O. The van der Waals surface area contributed by atoms with E-state index in [9.17, 15) is 9.59 Å². The summed E-state index contributed by atoms with van der Waals surface area (Å²) in [6.45, 7) is 6.04. The third kappa shape index (κ3) is 4.40. The zero-order valence-corrected chi connectivity index (χ0v) is 9.21. The fourth-order valence-corrected chi connectivity index (χ4v) is 1.34. The third-order valence-electron chi connectivity index (χ3n) is 2.06. The van der Waals surface area contributed by atoms with Crippen LogP contribution in [0.1, 0.15) is 20.3 Å². The Kier molecular flexibility index (Phi) is 4.71. The van der Waals surface area contributed by atoms with Crippen LogP contribution in [0.2, 0.25) is 0 Å². The van der Waals surface area contributed by atoms with Gasteiger partial charge in [0.25, 0.3) is 0 Å². The molecule has 1 atom stereocenters. The van der Waals surface area contributed by atoms with Crippen molar-refractivity contribution in [2.24, 2.45) is 5.92 Å². The van der Waals surface area contributed by atoms with Crippen LogP contribution < -0.4 is 10.6 Å². The smallest absolute Gasteiger partial charge is 0.244 e. The first kappa shape index (κ1) is 12.1. The summed E-state index contributed by atoms with van der Waals surface area (Å²) in [6, 6.07) is -0.375. The molecule has 5 heteroatoms. The highest BCUT2D eigenvalue weighted by atomic mass is 16.5. The minimum absolute atomic E-state index is 0.208. The average Bonchev–Trinajstić information content (AvgIpc) is 2.44. The van der Waals surface area contributed by atoms with E-state index in [1.54, 1.807) is 0 Å². The maximum absolute atomic E-state index is 11.1. The maximum Gasteiger partial charge on any atom is 0.244 e. The number of carbonyl (C=O) groups is 2. The topological polar surface area (TPSA) is 67.4 Å². The molecule has 2 N–H and O–H groups in total. The van der Waals surface area contributed by atoms with Gasteiger partial charge in [0.1, 0.15) is 0 Å². The molecule has 0 aromatic carbocycles. The number of hydrogen-bond donors (Lipinski definition) is 2. The van der Waals surface area contributed by atoms with Crippen molar-refractivity contribution < 1.29 is 14.3 Å². The van der Waals surface area contributed by atoms with Crippen LogP contribution in [0.5, 0.6) is 0 Å². The van der Waals surface area contributed by atoms with Crippen LogP contribution >= 0.6 is 0 Å². The highest BCUT2D eigenvalue weighted by Crippen LogP contribution is 2.00. The first-order chi connectivity index (χ1) is 7.09. The zero-order valence-electron chi connectivity index (χ0n) is 9.21. The summed E-state index contributed by atoms with van der Waals surface area (Å²) in [6.07, 6.45) is 0.239. The Hall–Kier alpha value is -0.940. The number of nitrogens with one attached hydrogen (secondary N) is 2. The highest BCUT2D eigenvalue weighted by Gasteiger charge is 2.29. The molecule has 1 fully saturated rings. The van der Waals surface area contributed by atoms with Crippen molar-refractivity contribution in [3.8, 4) is 0 Å². The average molecular weight is 214 g/mol. The molecule has 86 valence electrons. The summed E-state index contributed by atoms with van der Waals surface area (Å²) in [5, 5.41) is 5.22. The Morgan fingerprint density at radius 3 is 2.80 bits per heavy atom. The van der Waals surface area contributed by atoms with Gasteiger partial charge in [0, 0.05) is 13.2 Å². The number of hydrogen-bond acceptors (Lipinski definition) is 4. The van der Waals surface area contributed by atoms with Crippen molar-refractivity contribution in [1.82, 2.24) is 10.6 Å². The Labute approximate surface area is 89.6 Å². The lowest BCUT2D eigenvalue weighted by Gasteiger charge is -2.10. The van der Waals surface area contributed by atoms with Crippen molar-refractivity contribution in [3.63, 3.8) is 0 Å². The lowest BCUT2D eigenvalue weighted by molar-refractivity contribution is -0.125. The van der Waals surface area contributed by atoms with E-state index in [4.69, 9.17) is 4.74 Å². The molecule has 0 spiro atoms. The minimum atomic E-state index is -0.375. The summed E-state index contributed by atoms with van der Waals surface area (Å²) in [7, 11) is 0. The van der Waals surface area contributed by atoms with Gasteiger partial charge in [-0.2, -0.15) is 0 Å². The van der Waals surface area contributed by atoms with Crippen LogP contribution in [-0.4, -0.2) is 37.6 Å². The van der Waals surface area contributed by atoms with Gasteiger partial charge in [-0.15, -0.1) is 0 Å². The first-order valence-corrected chi connectivity index (χ1v) is 5.24. The second kappa shape index (κ2) is 5.82. The molecule has 15 heavy (non-hydrogen) atoms. The normalized spacial score (nSPS) is 21.1. The van der Waals surface area contributed by atoms with Gasteiger partial charge in [0.15, 0.2) is 0 Å². The highest BCUT2D eigenvalue weighted by molar-refractivity contribution is 6.05. The molecule has 0 saturated carbocycles. The van der Waals surface area contributed by atoms with Crippen LogP contribution in [-0.2, 0) is 14.3 Å². The number of carbonyl (C=O) groups excluding carboxylic acids is 2. The van der Waals surface area contributed by atoms with Gasteiger partial charge in [0.05, 0.1) is 19.1 Å². The molecule has 1 heterocycles. The Morgan fingerprint density at radius 1 is 1.53 bits per heavy atom. The quantitative estimate of drug-likeness (QED) is 0.469. The molecular formula is C10H18N2O3. The second-order valence-electron chi connectivity index (χ2n) is 4.09. The van der Waals surface area contributed by atoms with Crippen molar-refractivity contribution in [2.45, 2.75) is 26.3 Å². The minimum Gasteiger partial charge on any atom is -0.380 e. The molecule has 1 aliphatic heterocycles. The maximum atomic E-state index is 11.1. The third-order valence-corrected chi connectivity index (χ3v) is 2.06. The molecule has 0 bridgehead atoms. The van der Waals surface area contributed by atoms with Gasteiger partial charge in [-0.25, -0.2) is 0 Å². The second-order valence-corrected chi connectivity index (χ2v) is 4.09. The first-order valence-electron chi connectivity index (χ1n) is 5.24. The summed E-state index contributed by atoms with van der Waals surface area (Å²) in [4.78, 5) is 22.0. The van der Waals surface area contributed by atoms with Gasteiger partial charge >= 0.3 is 0 Å². The molecule has 1 unspecified atom stereocenters. The summed E-state index contributed by atoms with van der Waals surface area (Å²) in [5.74, 6) is 0.0748. The van der Waals surface area contributed by atoms with Crippen LogP contribution in [0.25, 0.3) is 0 Å². The number of amides is 2. The van der Waals surface area contributed by atoms with E-state index >= 15 is 0 Å². The van der Waals surface area contributed by atoms with Crippen LogP contribution in [0.4, 0.5) is 0 Å². The molecule has 1 aliphatic rings. The van der Waals surface area contributed by atoms with E-state index < -0.39 is 0 Å². The Bertz CT molecular complexity index is 241. The van der Waals surface area contributed by atoms with E-state index in [-0.39, 0.29) is 24.3 Å². The van der Waals surface area contributed by atoms with Gasteiger partial charge in [-0.1, -0.05) is 13.8 Å². The molecule has 2 amide bonds. The fourth-order valence-electron chi connectivity index (χ4n) is 1.34. The number of rotatable bonds is 6. The monoisotopic (exact) mass is 214 g/mol. The lowest BCUT2D eigenvalue weighted by Crippen LogP contribution is -2.38. The van der Waals surface area contributed by atoms with Gasteiger partial charge in [-0.3, -0.25) is 14.9 Å². The van der Waals surface area contributed by atoms with Crippen molar-refractivity contribution >= 4 is 11.8 Å². The largest absolute Gasteiger partial charge is 0.380 e. The summed E-state index contributed by atoms with van der Waals surface area (Å²) in [5.41, 5.74) is 0. The number of ether oxygens (including phenoxy) is 1. The van der Waals surface area contributed by atoms with Gasteiger partial charge in [-0.05, 0) is 5.92 Å². The van der Waals surface area contributed by atoms with Crippen molar-refractivity contribution in [3.05, 3.63) is 0 Å². The number of imide groups is 1. The van der Waals surface area contributed by atoms with E-state index in [1.807, 2.05) is 0 Å². The van der Waals surface area contributed by atoms with Gasteiger partial charge in [0.2, 0.25) is 11.8 Å². The predicted octanol–water partition coefficient (Wildman–Crippen LogP) is -0.336. The molecular weight excluding hydrogens is 196 g/mol. The molecule has 1 saturated heterocycles. The van der Waals surface area contributed by atoms with E-state index in [1.165, 1.54) is 0 Å². The molecule has 1 rings (SSSR count). The Morgan fingerprint density at radius 2 is 2.27 bits per heavy atom. The van der Waals surface area contributed by atoms with Crippen LogP contribution in [0.3, 0.4) is 0 Å². The molecule has 5 nitrogen and oxygen atoms in total. The van der Waals surface area contributed by atoms with Crippen molar-refractivity contribution in [2.75, 3.05) is 19.8 Å². The predicted molar refractivity (Wildman–Crippen MR) is 55.2 cm³/mol. The molecule has 0 aliphatic carbocycles. The van der Waals surface area contributed by atoms with Crippen LogP contribution in [0, 0.1) is 5.92 Å². The van der Waals surface area contributed by atoms with Gasteiger partial charge < -0.3 is 10.1 Å². The van der Waals surface area contributed by atoms with E-state index in [2.05, 4.69) is 24.5 Å². The van der Waals surface area contributed by atoms with E-state index in [0.29, 0.717) is 19.1 Å². The molecule has 0 aromatic rings. The summed E-state index contributed by atoms with van der Waals surface area (Å²) < 4.78 is 5.34. The van der Waals surface area contributed by atoms with Crippen molar-refractivity contribution in [1.29, 1.82) is 0 Å². The fraction of sp³-hybridized carbons (Fsp3) is 0.800. The lowest BCUT2D eigenvalue weighted by atomic mass is 10.2. The molecule has 0 radical (unpaired) electrons. The Balaban J connectivity index is 2.05.